The second-order valence-corrected chi connectivity index (χ2v) is 5.60. The Balaban J connectivity index is 0.00000264. The van der Waals surface area contributed by atoms with E-state index >= 15 is 0 Å². The van der Waals surface area contributed by atoms with Crippen LogP contribution >= 0.6 is 12.4 Å². The van der Waals surface area contributed by atoms with E-state index in [-0.39, 0.29) is 18.3 Å². The van der Waals surface area contributed by atoms with Crippen LogP contribution in [0.5, 0.6) is 5.75 Å². The molecule has 1 heterocycles. The molecule has 1 fully saturated rings. The second kappa shape index (κ2) is 10.5. The molecule has 1 aromatic carbocycles. The van der Waals surface area contributed by atoms with Gasteiger partial charge < -0.3 is 15.0 Å². The first-order valence-corrected chi connectivity index (χ1v) is 8.06. The summed E-state index contributed by atoms with van der Waals surface area (Å²) >= 11 is 0. The van der Waals surface area contributed by atoms with Crippen molar-refractivity contribution in [3.63, 3.8) is 0 Å². The minimum atomic E-state index is 0. The second-order valence-electron chi connectivity index (χ2n) is 5.60. The van der Waals surface area contributed by atoms with Gasteiger partial charge in [-0.2, -0.15) is 0 Å². The zero-order valence-electron chi connectivity index (χ0n) is 14.1. The summed E-state index contributed by atoms with van der Waals surface area (Å²) in [5.41, 5.74) is 1.25. The largest absolute Gasteiger partial charge is 0.497 e. The molecular weight excluding hydrogens is 314 g/mol. The fraction of sp³-hybridized carbons (Fsp3) is 0.588. The Hall–Kier alpha value is -1.30. The molecule has 130 valence electrons. The highest BCUT2D eigenvalue weighted by Gasteiger charge is 2.16. The summed E-state index contributed by atoms with van der Waals surface area (Å²) in [7, 11) is 1.68. The molecule has 2 rings (SSSR count). The van der Waals surface area contributed by atoms with Crippen molar-refractivity contribution >= 4 is 18.3 Å². The quantitative estimate of drug-likeness (QED) is 0.821. The summed E-state index contributed by atoms with van der Waals surface area (Å²) in [4.78, 5) is 16.5. The standard InChI is InChI=1S/C17H27N3O2.ClH/c1-3-19(14-15-4-6-16(22-2)7-5-15)11-8-17(21)20-12-9-18-10-13-20;/h4-7,18H,3,8-14H2,1-2H3;1H. The summed E-state index contributed by atoms with van der Waals surface area (Å²) in [6.07, 6.45) is 0.601. The van der Waals surface area contributed by atoms with Crippen molar-refractivity contribution in [3.05, 3.63) is 29.8 Å². The molecule has 1 saturated heterocycles. The first-order valence-electron chi connectivity index (χ1n) is 8.06. The molecule has 6 heteroatoms. The Morgan fingerprint density at radius 3 is 2.48 bits per heavy atom. The Morgan fingerprint density at radius 1 is 1.26 bits per heavy atom. The van der Waals surface area contributed by atoms with Crippen LogP contribution in [0.1, 0.15) is 18.9 Å². The van der Waals surface area contributed by atoms with Crippen LogP contribution in [0.4, 0.5) is 0 Å². The topological polar surface area (TPSA) is 44.8 Å². The highest BCUT2D eigenvalue weighted by Crippen LogP contribution is 2.13. The monoisotopic (exact) mass is 341 g/mol. The number of methoxy groups -OCH3 is 1. The zero-order chi connectivity index (χ0) is 15.8. The third-order valence-corrected chi connectivity index (χ3v) is 4.12. The molecule has 1 aliphatic heterocycles. The van der Waals surface area contributed by atoms with Gasteiger partial charge in [-0.25, -0.2) is 0 Å². The Bertz CT molecular complexity index is 461. The molecule has 1 amide bonds. The van der Waals surface area contributed by atoms with Gasteiger partial charge in [-0.1, -0.05) is 19.1 Å². The highest BCUT2D eigenvalue weighted by atomic mass is 35.5. The number of rotatable bonds is 7. The van der Waals surface area contributed by atoms with Gasteiger partial charge in [0.05, 0.1) is 7.11 Å². The third kappa shape index (κ3) is 6.37. The van der Waals surface area contributed by atoms with Gasteiger partial charge in [-0.05, 0) is 24.2 Å². The Morgan fingerprint density at radius 2 is 1.91 bits per heavy atom. The van der Waals surface area contributed by atoms with Crippen LogP contribution in [0, 0.1) is 0 Å². The molecule has 1 aromatic rings. The number of hydrogen-bond donors (Lipinski definition) is 1. The van der Waals surface area contributed by atoms with Crippen molar-refractivity contribution < 1.29 is 9.53 Å². The molecule has 0 radical (unpaired) electrons. The van der Waals surface area contributed by atoms with Crippen LogP contribution < -0.4 is 10.1 Å². The fourth-order valence-corrected chi connectivity index (χ4v) is 2.66. The van der Waals surface area contributed by atoms with Crippen molar-refractivity contribution in [1.29, 1.82) is 0 Å². The molecule has 5 nitrogen and oxygen atoms in total. The maximum Gasteiger partial charge on any atom is 0.223 e. The van der Waals surface area contributed by atoms with Gasteiger partial charge in [0.1, 0.15) is 5.75 Å². The van der Waals surface area contributed by atoms with Crippen molar-refractivity contribution in [2.24, 2.45) is 0 Å². The SMILES string of the molecule is CCN(CCC(=O)N1CCNCC1)Cc1ccc(OC)cc1.Cl. The minimum Gasteiger partial charge on any atom is -0.497 e. The van der Waals surface area contributed by atoms with Gasteiger partial charge in [0, 0.05) is 45.7 Å². The van der Waals surface area contributed by atoms with E-state index in [0.29, 0.717) is 6.42 Å². The van der Waals surface area contributed by atoms with Crippen molar-refractivity contribution in [3.8, 4) is 5.75 Å². The van der Waals surface area contributed by atoms with Gasteiger partial charge in [0.2, 0.25) is 5.91 Å². The van der Waals surface area contributed by atoms with Gasteiger partial charge in [-0.3, -0.25) is 9.69 Å². The fourth-order valence-electron chi connectivity index (χ4n) is 2.66. The molecular formula is C17H28ClN3O2. The zero-order valence-corrected chi connectivity index (χ0v) is 14.9. The predicted molar refractivity (Wildman–Crippen MR) is 95.3 cm³/mol. The van der Waals surface area contributed by atoms with Crippen LogP contribution in [0.2, 0.25) is 0 Å². The highest BCUT2D eigenvalue weighted by molar-refractivity contribution is 5.85. The van der Waals surface area contributed by atoms with Crippen LogP contribution in [0.3, 0.4) is 0 Å². The van der Waals surface area contributed by atoms with Crippen molar-refractivity contribution in [2.45, 2.75) is 19.9 Å². The molecule has 1 aliphatic rings. The molecule has 0 spiro atoms. The maximum absolute atomic E-state index is 12.2. The molecule has 23 heavy (non-hydrogen) atoms. The first-order chi connectivity index (χ1) is 10.7. The van der Waals surface area contributed by atoms with Crippen molar-refractivity contribution in [2.75, 3.05) is 46.4 Å². The normalized spacial score (nSPS) is 14.5. The van der Waals surface area contributed by atoms with E-state index in [0.717, 1.165) is 51.6 Å². The lowest BCUT2D eigenvalue weighted by Gasteiger charge is -2.28. The van der Waals surface area contributed by atoms with E-state index in [1.807, 2.05) is 17.0 Å². The number of hydrogen-bond acceptors (Lipinski definition) is 4. The van der Waals surface area contributed by atoms with E-state index in [2.05, 4.69) is 29.3 Å². The number of piperazine rings is 1. The third-order valence-electron chi connectivity index (χ3n) is 4.12. The molecule has 1 N–H and O–H groups in total. The summed E-state index contributed by atoms with van der Waals surface area (Å²) < 4.78 is 5.18. The van der Waals surface area contributed by atoms with E-state index < -0.39 is 0 Å². The average Bonchev–Trinajstić information content (AvgIpc) is 2.59. The smallest absolute Gasteiger partial charge is 0.223 e. The van der Waals surface area contributed by atoms with Gasteiger partial charge >= 0.3 is 0 Å². The van der Waals surface area contributed by atoms with Gasteiger partial charge in [0.15, 0.2) is 0 Å². The van der Waals surface area contributed by atoms with E-state index in [1.165, 1.54) is 5.56 Å². The summed E-state index contributed by atoms with van der Waals surface area (Å²) in [5, 5.41) is 3.27. The Labute approximate surface area is 145 Å². The Kier molecular flexibility index (Phi) is 8.99. The summed E-state index contributed by atoms with van der Waals surface area (Å²) in [6.45, 7) is 8.26. The van der Waals surface area contributed by atoms with E-state index in [9.17, 15) is 4.79 Å². The number of halogens is 1. The number of benzene rings is 1. The molecule has 0 aromatic heterocycles. The van der Waals surface area contributed by atoms with Crippen LogP contribution in [0.15, 0.2) is 24.3 Å². The number of nitrogens with one attached hydrogen (secondary N) is 1. The first kappa shape index (κ1) is 19.7. The average molecular weight is 342 g/mol. The maximum atomic E-state index is 12.2. The van der Waals surface area contributed by atoms with Crippen LogP contribution in [-0.2, 0) is 11.3 Å². The molecule has 0 unspecified atom stereocenters. The van der Waals surface area contributed by atoms with E-state index in [1.54, 1.807) is 7.11 Å². The summed E-state index contributed by atoms with van der Waals surface area (Å²) in [6, 6.07) is 8.13. The number of nitrogens with zero attached hydrogens (tertiary/aromatic N) is 2. The van der Waals surface area contributed by atoms with Gasteiger partial charge in [0.25, 0.3) is 0 Å². The van der Waals surface area contributed by atoms with Crippen LogP contribution in [0.25, 0.3) is 0 Å². The number of amides is 1. The number of ether oxygens (including phenoxy) is 1. The van der Waals surface area contributed by atoms with Gasteiger partial charge in [-0.15, -0.1) is 12.4 Å². The molecule has 0 saturated carbocycles. The lowest BCUT2D eigenvalue weighted by molar-refractivity contribution is -0.132. The lowest BCUT2D eigenvalue weighted by Crippen LogP contribution is -2.47. The molecule has 0 aliphatic carbocycles. The van der Waals surface area contributed by atoms with E-state index in [4.69, 9.17) is 4.74 Å². The summed E-state index contributed by atoms with van der Waals surface area (Å²) in [5.74, 6) is 1.15. The number of carbonyl (C=O) groups excluding carboxylic acids is 1. The minimum absolute atomic E-state index is 0. The lowest BCUT2D eigenvalue weighted by atomic mass is 10.2. The molecule has 0 atom stereocenters. The van der Waals surface area contributed by atoms with Crippen molar-refractivity contribution in [1.82, 2.24) is 15.1 Å². The van der Waals surface area contributed by atoms with Crippen LogP contribution in [-0.4, -0.2) is 62.1 Å². The predicted octanol–water partition coefficient (Wildman–Crippen LogP) is 1.76. The molecule has 0 bridgehead atoms. The number of carbonyl (C=O) groups is 1.